The van der Waals surface area contributed by atoms with E-state index in [2.05, 4.69) is 44.1 Å². The first-order chi connectivity index (χ1) is 29.3. The molecule has 324 valence electrons. The zero-order valence-electron chi connectivity index (χ0n) is 33.3. The Hall–Kier alpha value is -6.31. The first kappa shape index (κ1) is 45.8. The van der Waals surface area contributed by atoms with Gasteiger partial charge in [0.2, 0.25) is 11.8 Å². The number of alkyl carbamates (subject to hydrolysis) is 1. The molecule has 1 aliphatic heterocycles. The third-order valence-corrected chi connectivity index (χ3v) is 10.5. The minimum atomic E-state index is -4.71. The first-order valence-corrected chi connectivity index (χ1v) is 20.4. The number of benzene rings is 2. The predicted molar refractivity (Wildman–Crippen MR) is 217 cm³/mol. The maximum atomic E-state index is 14.2. The number of phosphoric ester groups is 1. The Morgan fingerprint density at radius 2 is 1.66 bits per heavy atom. The Labute approximate surface area is 350 Å². The molecule has 5 rings (SSSR count). The maximum absolute atomic E-state index is 14.2. The van der Waals surface area contributed by atoms with Crippen molar-refractivity contribution in [3.63, 3.8) is 0 Å². The summed E-state index contributed by atoms with van der Waals surface area (Å²) in [7, 11) is -4.71. The Balaban J connectivity index is 1.32. The number of carbonyl (C=O) groups excluding carboxylic acids is 4. The Kier molecular flexibility index (Phi) is 16.4. The summed E-state index contributed by atoms with van der Waals surface area (Å²) >= 11 is 0. The molecule has 0 bridgehead atoms. The molecular weight excluding hydrogens is 817 g/mol. The third-order valence-electron chi connectivity index (χ3n) is 8.93. The average molecular weight is 864 g/mol. The van der Waals surface area contributed by atoms with Crippen LogP contribution in [-0.2, 0) is 64.4 Å². The van der Waals surface area contributed by atoms with Crippen molar-refractivity contribution in [1.29, 1.82) is 0 Å². The highest BCUT2D eigenvalue weighted by atomic mass is 31.2. The van der Waals surface area contributed by atoms with Gasteiger partial charge in [0, 0.05) is 19.8 Å². The number of hydrogen-bond acceptors (Lipinski definition) is 15. The van der Waals surface area contributed by atoms with E-state index in [9.17, 15) is 33.6 Å². The third kappa shape index (κ3) is 13.1. The quantitative estimate of drug-likeness (QED) is 0.0494. The number of aromatic nitrogens is 4. The number of anilines is 1. The van der Waals surface area contributed by atoms with Crippen molar-refractivity contribution in [2.24, 2.45) is 0 Å². The van der Waals surface area contributed by atoms with Gasteiger partial charge in [0.15, 0.2) is 17.0 Å². The fourth-order valence-electron chi connectivity index (χ4n) is 6.15. The molecule has 1 saturated heterocycles. The molecule has 3 heterocycles. The molecule has 4 N–H and O–H groups in total. The maximum Gasteiger partial charge on any atom is 0.475 e. The molecule has 20 nitrogen and oxygen atoms in total. The van der Waals surface area contributed by atoms with Crippen LogP contribution in [0.25, 0.3) is 11.2 Å². The number of nitrogens with one attached hydrogen (secondary N) is 3. The molecule has 0 saturated carbocycles. The van der Waals surface area contributed by atoms with Gasteiger partial charge in [-0.1, -0.05) is 79.4 Å². The summed E-state index contributed by atoms with van der Waals surface area (Å²) in [5, 5.41) is 17.4. The van der Waals surface area contributed by atoms with E-state index in [1.807, 2.05) is 30.3 Å². The number of carboxylic acids is 1. The largest absolute Gasteiger partial charge is 0.480 e. The molecule has 3 amide bonds. The highest BCUT2D eigenvalue weighted by Crippen LogP contribution is 2.51. The number of ether oxygens (including phenoxy) is 3. The van der Waals surface area contributed by atoms with E-state index in [0.29, 0.717) is 5.56 Å². The molecule has 2 aromatic carbocycles. The van der Waals surface area contributed by atoms with Crippen LogP contribution in [0.15, 0.2) is 98.6 Å². The Morgan fingerprint density at radius 3 is 2.31 bits per heavy atom. The average Bonchev–Trinajstić information content (AvgIpc) is 3.85. The van der Waals surface area contributed by atoms with Crippen LogP contribution < -0.4 is 16.0 Å². The van der Waals surface area contributed by atoms with Gasteiger partial charge in [0.25, 0.3) is 0 Å². The van der Waals surface area contributed by atoms with E-state index in [1.54, 1.807) is 34.9 Å². The highest BCUT2D eigenvalue weighted by molar-refractivity contribution is 7.48. The van der Waals surface area contributed by atoms with Gasteiger partial charge in [-0.15, -0.1) is 6.58 Å². The number of rotatable bonds is 22. The SMILES string of the molecule is C=CCOC(=O)N[C@H](C(=O)N[C@@H](Cc1ccccc1)C(=O)O)[C@@H](C)OP(=O)(OCC=C)OC[C@H]1O[C@@H](n2cnc3c(NC(=O)Cc4ccccc4)ncnc32)C[C@@H]1OC(C)=O. The number of fused-ring (bicyclic) bond motifs is 1. The number of carbonyl (C=O) groups is 5. The standard InChI is InChI=1S/C40H46N7O13P/c1-5-17-55-40(53)46-34(38(50)44-29(39(51)52)19-27-13-9-7-10-14-27)25(3)60-61(54,56-18-6-2)57-22-31-30(58-26(4)48)21-33(59-31)47-24-43-35-36(41-23-42-37(35)47)45-32(49)20-28-15-11-8-12-16-28/h5-16,23-25,29-31,33-34H,1-2,17-22H2,3-4H3,(H,44,50)(H,46,53)(H,51,52)(H,41,42,45,49)/t25-,29+,30+,31-,33-,34+,61?/m1/s1. The van der Waals surface area contributed by atoms with E-state index >= 15 is 0 Å². The van der Waals surface area contributed by atoms with Crippen molar-refractivity contribution < 1.29 is 61.4 Å². The van der Waals surface area contributed by atoms with Crippen LogP contribution in [0, 0.1) is 0 Å². The lowest BCUT2D eigenvalue weighted by molar-refractivity contribution is -0.150. The van der Waals surface area contributed by atoms with Gasteiger partial charge >= 0.3 is 25.9 Å². The molecule has 2 aromatic heterocycles. The molecule has 0 radical (unpaired) electrons. The first-order valence-electron chi connectivity index (χ1n) is 18.9. The molecule has 7 atom stereocenters. The molecule has 4 aromatic rings. The fraction of sp³-hybridized carbons (Fsp3) is 0.350. The van der Waals surface area contributed by atoms with E-state index in [4.69, 9.17) is 27.8 Å². The van der Waals surface area contributed by atoms with Gasteiger partial charge in [-0.3, -0.25) is 32.5 Å². The number of amides is 3. The van der Waals surface area contributed by atoms with E-state index in [0.717, 1.165) is 5.56 Å². The van der Waals surface area contributed by atoms with E-state index in [-0.39, 0.29) is 55.4 Å². The van der Waals surface area contributed by atoms with Crippen molar-refractivity contribution in [2.45, 2.75) is 69.7 Å². The molecular formula is C40H46N7O13P. The van der Waals surface area contributed by atoms with Crippen LogP contribution in [0.1, 0.15) is 37.6 Å². The van der Waals surface area contributed by atoms with Gasteiger partial charge < -0.3 is 35.3 Å². The number of hydrogen-bond donors (Lipinski definition) is 4. The number of imidazole rings is 1. The van der Waals surface area contributed by atoms with Crippen molar-refractivity contribution in [1.82, 2.24) is 30.2 Å². The second-order valence-corrected chi connectivity index (χ2v) is 15.1. The highest BCUT2D eigenvalue weighted by Gasteiger charge is 2.43. The van der Waals surface area contributed by atoms with Crippen LogP contribution >= 0.6 is 7.82 Å². The Bertz CT molecular complexity index is 2230. The van der Waals surface area contributed by atoms with Crippen LogP contribution in [0.2, 0.25) is 0 Å². The van der Waals surface area contributed by atoms with Crippen molar-refractivity contribution in [2.75, 3.05) is 25.1 Å². The number of esters is 1. The summed E-state index contributed by atoms with van der Waals surface area (Å²) in [4.78, 5) is 76.5. The summed E-state index contributed by atoms with van der Waals surface area (Å²) < 4.78 is 49.5. The van der Waals surface area contributed by atoms with Crippen LogP contribution in [-0.4, -0.2) is 105 Å². The zero-order chi connectivity index (χ0) is 43.9. The van der Waals surface area contributed by atoms with E-state index < -0.39 is 75.0 Å². The summed E-state index contributed by atoms with van der Waals surface area (Å²) in [5.74, 6) is -3.19. The smallest absolute Gasteiger partial charge is 0.475 e. The summed E-state index contributed by atoms with van der Waals surface area (Å²) in [5.41, 5.74) is 1.95. The van der Waals surface area contributed by atoms with Crippen LogP contribution in [0.4, 0.5) is 10.6 Å². The second-order valence-electron chi connectivity index (χ2n) is 13.5. The molecule has 1 aliphatic rings. The van der Waals surface area contributed by atoms with Crippen molar-refractivity contribution >= 4 is 54.7 Å². The molecule has 0 spiro atoms. The monoisotopic (exact) mass is 863 g/mol. The summed E-state index contributed by atoms with van der Waals surface area (Å²) in [6.45, 7) is 8.36. The normalized spacial score (nSPS) is 18.4. The van der Waals surface area contributed by atoms with Gasteiger partial charge in [-0.2, -0.15) is 0 Å². The van der Waals surface area contributed by atoms with Crippen molar-refractivity contribution in [3.8, 4) is 0 Å². The van der Waals surface area contributed by atoms with E-state index in [1.165, 1.54) is 38.7 Å². The second kappa shape index (κ2) is 21.8. The lowest BCUT2D eigenvalue weighted by Gasteiger charge is -2.29. The minimum absolute atomic E-state index is 0.0561. The lowest BCUT2D eigenvalue weighted by atomic mass is 10.0. The Morgan fingerprint density at radius 1 is 0.967 bits per heavy atom. The van der Waals surface area contributed by atoms with Gasteiger partial charge in [-0.25, -0.2) is 29.1 Å². The van der Waals surface area contributed by atoms with Gasteiger partial charge in [0.05, 0.1) is 32.1 Å². The van der Waals surface area contributed by atoms with Gasteiger partial charge in [-0.05, 0) is 18.1 Å². The zero-order valence-corrected chi connectivity index (χ0v) is 34.2. The van der Waals surface area contributed by atoms with Gasteiger partial charge in [0.1, 0.15) is 43.5 Å². The summed E-state index contributed by atoms with van der Waals surface area (Å²) in [6.07, 6.45) is -0.266. The van der Waals surface area contributed by atoms with Crippen LogP contribution in [0.5, 0.6) is 0 Å². The minimum Gasteiger partial charge on any atom is -0.480 e. The number of nitrogens with zero attached hydrogens (tertiary/aromatic N) is 4. The number of phosphoric acid groups is 1. The fourth-order valence-corrected chi connectivity index (χ4v) is 7.49. The summed E-state index contributed by atoms with van der Waals surface area (Å²) in [6, 6.07) is 14.5. The molecule has 61 heavy (non-hydrogen) atoms. The predicted octanol–water partition coefficient (Wildman–Crippen LogP) is 4.05. The number of aliphatic carboxylic acids is 1. The molecule has 0 aliphatic carbocycles. The van der Waals surface area contributed by atoms with Crippen molar-refractivity contribution in [3.05, 3.63) is 110 Å². The molecule has 1 fully saturated rings. The molecule has 1 unspecified atom stereocenters. The van der Waals surface area contributed by atoms with Crippen LogP contribution in [0.3, 0.4) is 0 Å². The number of carboxylic acid groups (broad SMARTS) is 1. The topological polar surface area (TPSA) is 258 Å². The molecule has 21 heteroatoms. The lowest BCUT2D eigenvalue weighted by Crippen LogP contribution is -2.56.